The number of nitrogens with zero attached hydrogens (tertiary/aromatic N) is 2. The first-order valence-electron chi connectivity index (χ1n) is 6.98. The third kappa shape index (κ3) is 3.77. The highest BCUT2D eigenvalue weighted by Gasteiger charge is 2.46. The predicted molar refractivity (Wildman–Crippen MR) is 74.2 cm³/mol. The molecule has 0 aromatic rings. The molecule has 116 valence electrons. The van der Waals surface area contributed by atoms with Gasteiger partial charge in [0.15, 0.2) is 0 Å². The highest BCUT2D eigenvalue weighted by Crippen LogP contribution is 2.18. The number of likely N-dealkylation sites (N-methyl/N-ethyl adjacent to an activating group) is 1. The van der Waals surface area contributed by atoms with Crippen LogP contribution in [-0.2, 0) is 22.8 Å². The maximum absolute atomic E-state index is 11.6. The number of rotatable bonds is 4. The molecule has 8 heteroatoms. The molecule has 0 N–H and O–H groups in total. The number of fused-ring (bicyclic) bond motifs is 6. The van der Waals surface area contributed by atoms with Crippen molar-refractivity contribution in [3.8, 4) is 0 Å². The molecule has 0 spiro atoms. The van der Waals surface area contributed by atoms with E-state index in [1.165, 1.54) is 7.11 Å². The van der Waals surface area contributed by atoms with Crippen LogP contribution in [0.3, 0.4) is 0 Å². The van der Waals surface area contributed by atoms with Crippen LogP contribution in [0.1, 0.15) is 6.92 Å². The van der Waals surface area contributed by atoms with Gasteiger partial charge in [0.1, 0.15) is 6.04 Å². The lowest BCUT2D eigenvalue weighted by molar-refractivity contribution is -0.145. The van der Waals surface area contributed by atoms with Crippen molar-refractivity contribution in [3.63, 3.8) is 0 Å². The lowest BCUT2D eigenvalue weighted by Gasteiger charge is -2.40. The molecular weight excluding hydrogens is 280 g/mol. The molecule has 7 nitrogen and oxygen atoms in total. The van der Waals surface area contributed by atoms with Crippen molar-refractivity contribution in [2.45, 2.75) is 13.0 Å². The summed E-state index contributed by atoms with van der Waals surface area (Å²) in [4.78, 5) is 15.8. The van der Waals surface area contributed by atoms with Gasteiger partial charge >= 0.3 is 14.8 Å². The smallest absolute Gasteiger partial charge is 0.468 e. The van der Waals surface area contributed by atoms with Gasteiger partial charge in [-0.05, 0) is 14.0 Å². The van der Waals surface area contributed by atoms with E-state index in [0.29, 0.717) is 26.0 Å². The molecule has 0 aromatic carbocycles. The van der Waals surface area contributed by atoms with E-state index in [1.807, 2.05) is 18.9 Å². The Balaban J connectivity index is 2.01. The minimum atomic E-state index is -2.72. The second-order valence-corrected chi connectivity index (χ2v) is 7.73. The summed E-state index contributed by atoms with van der Waals surface area (Å²) in [6, 6.07) is -0.343. The third-order valence-electron chi connectivity index (χ3n) is 3.83. The number of esters is 1. The van der Waals surface area contributed by atoms with Crippen molar-refractivity contribution in [2.24, 2.45) is 0 Å². The van der Waals surface area contributed by atoms with Crippen LogP contribution in [0.15, 0.2) is 0 Å². The minimum Gasteiger partial charge on any atom is -0.468 e. The largest absolute Gasteiger partial charge is 0.515 e. The Kier molecular flexibility index (Phi) is 5.53. The van der Waals surface area contributed by atoms with E-state index in [4.69, 9.17) is 18.0 Å². The molecule has 3 fully saturated rings. The Morgan fingerprint density at radius 1 is 1.25 bits per heavy atom. The van der Waals surface area contributed by atoms with E-state index in [0.717, 1.165) is 19.6 Å². The molecule has 3 aliphatic rings. The summed E-state index contributed by atoms with van der Waals surface area (Å²) < 4.78 is 22.6. The molecule has 0 aliphatic carbocycles. The average Bonchev–Trinajstić information content (AvgIpc) is 2.38. The summed E-state index contributed by atoms with van der Waals surface area (Å²) in [6.45, 7) is 6.41. The Bertz CT molecular complexity index is 317. The van der Waals surface area contributed by atoms with Crippen LogP contribution in [0.2, 0.25) is 0 Å². The van der Waals surface area contributed by atoms with Crippen LogP contribution in [0, 0.1) is 0 Å². The van der Waals surface area contributed by atoms with E-state index in [9.17, 15) is 4.79 Å². The summed E-state index contributed by atoms with van der Waals surface area (Å²) in [5, 5.41) is 0. The predicted octanol–water partition coefficient (Wildman–Crippen LogP) is -0.663. The number of methoxy groups -OCH3 is 1. The van der Waals surface area contributed by atoms with E-state index in [1.54, 1.807) is 0 Å². The van der Waals surface area contributed by atoms with Gasteiger partial charge in [-0.2, -0.15) is 0 Å². The number of carbonyl (C=O) groups is 1. The lowest BCUT2D eigenvalue weighted by Crippen LogP contribution is -2.61. The van der Waals surface area contributed by atoms with Crippen molar-refractivity contribution in [3.05, 3.63) is 0 Å². The van der Waals surface area contributed by atoms with Crippen molar-refractivity contribution in [2.75, 3.05) is 59.8 Å². The van der Waals surface area contributed by atoms with Crippen LogP contribution < -0.4 is 0 Å². The SMILES string of the molecule is COC(=O)C(C)N(C)C[Si]12OCCN(CCO1)CCO2. The fraction of sp³-hybridized carbons (Fsp3) is 0.917. The first-order chi connectivity index (χ1) is 9.56. The molecule has 3 heterocycles. The summed E-state index contributed by atoms with van der Waals surface area (Å²) >= 11 is 0. The zero-order valence-electron chi connectivity index (χ0n) is 12.5. The maximum atomic E-state index is 11.6. The minimum absolute atomic E-state index is 0.263. The first kappa shape index (κ1) is 15.9. The number of hydrogen-bond acceptors (Lipinski definition) is 7. The molecule has 0 saturated carbocycles. The van der Waals surface area contributed by atoms with Gasteiger partial charge in [0.05, 0.1) is 33.1 Å². The number of carbonyl (C=O) groups excluding carboxylic acids is 1. The number of ether oxygens (including phenoxy) is 1. The molecule has 0 aromatic heterocycles. The van der Waals surface area contributed by atoms with E-state index >= 15 is 0 Å². The van der Waals surface area contributed by atoms with E-state index in [-0.39, 0.29) is 12.0 Å². The van der Waals surface area contributed by atoms with Crippen LogP contribution >= 0.6 is 0 Å². The monoisotopic (exact) mass is 304 g/mol. The molecule has 3 aliphatic heterocycles. The molecule has 2 bridgehead atoms. The van der Waals surface area contributed by atoms with Gasteiger partial charge in [0.2, 0.25) is 0 Å². The maximum Gasteiger partial charge on any atom is 0.515 e. The highest BCUT2D eigenvalue weighted by atomic mass is 28.4. The van der Waals surface area contributed by atoms with E-state index < -0.39 is 8.80 Å². The van der Waals surface area contributed by atoms with Gasteiger partial charge in [-0.25, -0.2) is 0 Å². The van der Waals surface area contributed by atoms with Gasteiger partial charge in [-0.1, -0.05) is 0 Å². The topological polar surface area (TPSA) is 60.5 Å². The van der Waals surface area contributed by atoms with Crippen LogP contribution in [0.5, 0.6) is 0 Å². The fourth-order valence-corrected chi connectivity index (χ4v) is 5.00. The standard InChI is InChI=1S/C12H24N2O5Si/c1-11(12(15)16-3)13(2)10-20-17-7-4-14(5-8-18-20)6-9-19-20/h11H,4-10H2,1-3H3. The number of hydrogen-bond donors (Lipinski definition) is 0. The Morgan fingerprint density at radius 2 is 1.75 bits per heavy atom. The first-order valence-corrected chi connectivity index (χ1v) is 8.92. The molecular formula is C12H24N2O5Si. The highest BCUT2D eigenvalue weighted by molar-refractivity contribution is 6.61. The van der Waals surface area contributed by atoms with Gasteiger partial charge in [-0.15, -0.1) is 0 Å². The normalized spacial score (nSPS) is 32.3. The van der Waals surface area contributed by atoms with Crippen LogP contribution in [-0.4, -0.2) is 90.4 Å². The molecule has 1 unspecified atom stereocenters. The summed E-state index contributed by atoms with van der Waals surface area (Å²) in [5.74, 6) is -0.263. The summed E-state index contributed by atoms with van der Waals surface area (Å²) in [7, 11) is 0.539. The Morgan fingerprint density at radius 3 is 2.20 bits per heavy atom. The van der Waals surface area contributed by atoms with Gasteiger partial charge < -0.3 is 18.0 Å². The summed E-state index contributed by atoms with van der Waals surface area (Å²) in [6.07, 6.45) is 0.503. The molecule has 0 amide bonds. The van der Waals surface area contributed by atoms with Gasteiger partial charge in [-0.3, -0.25) is 14.6 Å². The van der Waals surface area contributed by atoms with Crippen molar-refractivity contribution >= 4 is 14.8 Å². The quantitative estimate of drug-likeness (QED) is 0.504. The average molecular weight is 304 g/mol. The van der Waals surface area contributed by atoms with Crippen molar-refractivity contribution in [1.82, 2.24) is 9.80 Å². The third-order valence-corrected chi connectivity index (χ3v) is 6.65. The molecule has 0 radical (unpaired) electrons. The van der Waals surface area contributed by atoms with Gasteiger partial charge in [0, 0.05) is 19.6 Å². The second kappa shape index (κ2) is 6.97. The summed E-state index contributed by atoms with van der Waals surface area (Å²) in [5.41, 5.74) is 0. The van der Waals surface area contributed by atoms with Crippen LogP contribution in [0.25, 0.3) is 0 Å². The Labute approximate surface area is 121 Å². The molecule has 20 heavy (non-hydrogen) atoms. The molecule has 1 atom stereocenters. The molecule has 3 rings (SSSR count). The van der Waals surface area contributed by atoms with Crippen molar-refractivity contribution < 1.29 is 22.8 Å². The van der Waals surface area contributed by atoms with Crippen molar-refractivity contribution in [1.29, 1.82) is 0 Å². The molecule has 3 saturated heterocycles. The van der Waals surface area contributed by atoms with Crippen LogP contribution in [0.4, 0.5) is 0 Å². The fourth-order valence-electron chi connectivity index (χ4n) is 2.38. The zero-order chi connectivity index (χ0) is 14.6. The zero-order valence-corrected chi connectivity index (χ0v) is 13.5. The van der Waals surface area contributed by atoms with E-state index in [2.05, 4.69) is 4.90 Å². The van der Waals surface area contributed by atoms with Gasteiger partial charge in [0.25, 0.3) is 0 Å². The Hall–Kier alpha value is -0.513. The lowest BCUT2D eigenvalue weighted by atomic mass is 10.3. The second-order valence-electron chi connectivity index (χ2n) is 5.18.